The molecule has 17 heavy (non-hydrogen) atoms. The zero-order valence-electron chi connectivity index (χ0n) is 10.1. The first-order valence-electron chi connectivity index (χ1n) is 5.28. The fourth-order valence-electron chi connectivity index (χ4n) is 1.16. The van der Waals surface area contributed by atoms with Gasteiger partial charge in [-0.05, 0) is 32.4 Å². The lowest BCUT2D eigenvalue weighted by Gasteiger charge is -2.06. The van der Waals surface area contributed by atoms with E-state index in [1.807, 2.05) is 19.1 Å². The summed E-state index contributed by atoms with van der Waals surface area (Å²) >= 11 is 6.07. The molecule has 0 atom stereocenters. The van der Waals surface area contributed by atoms with Crippen molar-refractivity contribution in [3.05, 3.63) is 28.8 Å². The maximum Gasteiger partial charge on any atom is 0.354 e. The second-order valence-electron chi connectivity index (χ2n) is 3.47. The van der Waals surface area contributed by atoms with Gasteiger partial charge in [-0.25, -0.2) is 4.79 Å². The van der Waals surface area contributed by atoms with Crippen LogP contribution in [0.25, 0.3) is 0 Å². The van der Waals surface area contributed by atoms with Gasteiger partial charge in [-0.15, -0.1) is 0 Å². The van der Waals surface area contributed by atoms with Gasteiger partial charge in [0, 0.05) is 0 Å². The molecule has 1 aromatic rings. The number of hydrogen-bond acceptors (Lipinski definition) is 4. The van der Waals surface area contributed by atoms with Gasteiger partial charge < -0.3 is 4.74 Å². The Morgan fingerprint density at radius 3 is 2.88 bits per heavy atom. The first-order valence-corrected chi connectivity index (χ1v) is 5.66. The van der Waals surface area contributed by atoms with Crippen molar-refractivity contribution in [3.8, 4) is 0 Å². The smallest absolute Gasteiger partial charge is 0.354 e. The van der Waals surface area contributed by atoms with Crippen LogP contribution in [0.4, 0.5) is 5.69 Å². The van der Waals surface area contributed by atoms with Crippen molar-refractivity contribution in [1.82, 2.24) is 0 Å². The molecule has 1 rings (SSSR count). The Morgan fingerprint density at radius 1 is 1.53 bits per heavy atom. The number of nitrogens with zero attached hydrogens (tertiary/aromatic N) is 1. The summed E-state index contributed by atoms with van der Waals surface area (Å²) in [5.74, 6) is -0.441. The molecule has 5 heteroatoms. The summed E-state index contributed by atoms with van der Waals surface area (Å²) in [4.78, 5) is 11.3. The molecule has 0 aliphatic rings. The van der Waals surface area contributed by atoms with Crippen LogP contribution in [0.1, 0.15) is 19.4 Å². The minimum atomic E-state index is -0.441. The predicted octanol–water partition coefficient (Wildman–Crippen LogP) is 3.00. The van der Waals surface area contributed by atoms with Crippen LogP contribution in [0.15, 0.2) is 23.3 Å². The Morgan fingerprint density at radius 2 is 2.24 bits per heavy atom. The summed E-state index contributed by atoms with van der Waals surface area (Å²) in [6.07, 6.45) is 0. The van der Waals surface area contributed by atoms with Crippen LogP contribution in [0.5, 0.6) is 0 Å². The highest BCUT2D eigenvalue weighted by Gasteiger charge is 2.07. The van der Waals surface area contributed by atoms with Crippen LogP contribution in [0.2, 0.25) is 5.02 Å². The third kappa shape index (κ3) is 3.75. The second kappa shape index (κ2) is 6.25. The zero-order valence-corrected chi connectivity index (χ0v) is 10.8. The Balaban J connectivity index is 2.75. The molecule has 0 heterocycles. The van der Waals surface area contributed by atoms with Crippen LogP contribution < -0.4 is 5.43 Å². The fraction of sp³-hybridized carbons (Fsp3) is 0.333. The van der Waals surface area contributed by atoms with Crippen LogP contribution in [-0.4, -0.2) is 18.3 Å². The Labute approximate surface area is 106 Å². The number of aryl methyl sites for hydroxylation is 1. The van der Waals surface area contributed by atoms with Crippen molar-refractivity contribution in [1.29, 1.82) is 0 Å². The molecule has 0 aromatic heterocycles. The van der Waals surface area contributed by atoms with Crippen molar-refractivity contribution >= 4 is 29.0 Å². The van der Waals surface area contributed by atoms with Gasteiger partial charge in [0.1, 0.15) is 5.71 Å². The molecule has 0 aliphatic heterocycles. The summed E-state index contributed by atoms with van der Waals surface area (Å²) in [7, 11) is 0. The SMILES string of the molecule is CCOC(=O)/C(C)=N\Nc1cccc(C)c1Cl. The second-order valence-corrected chi connectivity index (χ2v) is 3.84. The molecule has 1 aromatic carbocycles. The third-order valence-corrected chi connectivity index (χ3v) is 2.61. The molecule has 0 saturated carbocycles. The summed E-state index contributed by atoms with van der Waals surface area (Å²) in [5, 5.41) is 4.51. The molecule has 0 bridgehead atoms. The van der Waals surface area contributed by atoms with E-state index in [1.54, 1.807) is 19.9 Å². The summed E-state index contributed by atoms with van der Waals surface area (Å²) < 4.78 is 4.80. The van der Waals surface area contributed by atoms with E-state index in [0.29, 0.717) is 17.3 Å². The van der Waals surface area contributed by atoms with Crippen LogP contribution in [0, 0.1) is 6.92 Å². The highest BCUT2D eigenvalue weighted by molar-refractivity contribution is 6.36. The van der Waals surface area contributed by atoms with Gasteiger partial charge in [-0.2, -0.15) is 5.10 Å². The quantitative estimate of drug-likeness (QED) is 0.511. The van der Waals surface area contributed by atoms with E-state index in [4.69, 9.17) is 16.3 Å². The topological polar surface area (TPSA) is 50.7 Å². The fourth-order valence-corrected chi connectivity index (χ4v) is 1.33. The first-order chi connectivity index (χ1) is 8.06. The van der Waals surface area contributed by atoms with Crippen LogP contribution in [0.3, 0.4) is 0 Å². The molecule has 0 amide bonds. The number of carbonyl (C=O) groups excluding carboxylic acids is 1. The zero-order chi connectivity index (χ0) is 12.8. The Kier molecular flexibility index (Phi) is 4.97. The maximum atomic E-state index is 11.3. The number of nitrogens with one attached hydrogen (secondary N) is 1. The maximum absolute atomic E-state index is 11.3. The van der Waals surface area contributed by atoms with E-state index in [1.165, 1.54) is 0 Å². The van der Waals surface area contributed by atoms with Crippen molar-refractivity contribution < 1.29 is 9.53 Å². The van der Waals surface area contributed by atoms with E-state index in [9.17, 15) is 4.79 Å². The number of carbonyl (C=O) groups is 1. The van der Waals surface area contributed by atoms with Crippen molar-refractivity contribution in [2.75, 3.05) is 12.0 Å². The number of hydrogen-bond donors (Lipinski definition) is 1. The lowest BCUT2D eigenvalue weighted by Crippen LogP contribution is -2.15. The van der Waals surface area contributed by atoms with Crippen molar-refractivity contribution in [2.24, 2.45) is 5.10 Å². The van der Waals surface area contributed by atoms with E-state index < -0.39 is 5.97 Å². The molecular weight excluding hydrogens is 240 g/mol. The standard InChI is InChI=1S/C12H15ClN2O2/c1-4-17-12(16)9(3)14-15-10-7-5-6-8(2)11(10)13/h5-7,15H,4H2,1-3H3/b14-9-. The number of rotatable bonds is 4. The Bertz CT molecular complexity index is 444. The minimum absolute atomic E-state index is 0.254. The highest BCUT2D eigenvalue weighted by atomic mass is 35.5. The first kappa shape index (κ1) is 13.5. The van der Waals surface area contributed by atoms with Gasteiger partial charge in [0.15, 0.2) is 0 Å². The van der Waals surface area contributed by atoms with E-state index in [2.05, 4.69) is 10.5 Å². The highest BCUT2D eigenvalue weighted by Crippen LogP contribution is 2.24. The minimum Gasteiger partial charge on any atom is -0.461 e. The van der Waals surface area contributed by atoms with E-state index in [0.717, 1.165) is 5.56 Å². The van der Waals surface area contributed by atoms with Crippen LogP contribution in [-0.2, 0) is 9.53 Å². The molecule has 0 unspecified atom stereocenters. The number of hydrazone groups is 1. The number of anilines is 1. The van der Waals surface area contributed by atoms with Gasteiger partial charge in [0.25, 0.3) is 0 Å². The summed E-state index contributed by atoms with van der Waals surface area (Å²) in [6, 6.07) is 5.55. The lowest BCUT2D eigenvalue weighted by molar-refractivity contribution is -0.135. The number of ether oxygens (including phenoxy) is 1. The van der Waals surface area contributed by atoms with E-state index >= 15 is 0 Å². The molecule has 0 aliphatic carbocycles. The molecular formula is C12H15ClN2O2. The number of esters is 1. The van der Waals surface area contributed by atoms with Gasteiger partial charge in [-0.3, -0.25) is 5.43 Å². The van der Waals surface area contributed by atoms with Crippen molar-refractivity contribution in [3.63, 3.8) is 0 Å². The lowest BCUT2D eigenvalue weighted by atomic mass is 10.2. The van der Waals surface area contributed by atoms with Crippen molar-refractivity contribution in [2.45, 2.75) is 20.8 Å². The molecule has 0 spiro atoms. The number of benzene rings is 1. The van der Waals surface area contributed by atoms with Gasteiger partial charge in [0.05, 0.1) is 17.3 Å². The Hall–Kier alpha value is -1.55. The molecule has 0 radical (unpaired) electrons. The molecule has 1 N–H and O–H groups in total. The van der Waals surface area contributed by atoms with Crippen LogP contribution >= 0.6 is 11.6 Å². The summed E-state index contributed by atoms with van der Waals surface area (Å²) in [6.45, 7) is 5.55. The predicted molar refractivity (Wildman–Crippen MR) is 69.6 cm³/mol. The average Bonchev–Trinajstić information content (AvgIpc) is 2.31. The largest absolute Gasteiger partial charge is 0.461 e. The molecule has 92 valence electrons. The van der Waals surface area contributed by atoms with E-state index in [-0.39, 0.29) is 5.71 Å². The van der Waals surface area contributed by atoms with Gasteiger partial charge in [0.2, 0.25) is 0 Å². The van der Waals surface area contributed by atoms with Gasteiger partial charge >= 0.3 is 5.97 Å². The van der Waals surface area contributed by atoms with Gasteiger partial charge in [-0.1, -0.05) is 23.7 Å². The normalized spacial score (nSPS) is 11.2. The monoisotopic (exact) mass is 254 g/mol. The molecule has 0 fully saturated rings. The number of halogens is 1. The third-order valence-electron chi connectivity index (χ3n) is 2.11. The summed E-state index contributed by atoms with van der Waals surface area (Å²) in [5.41, 5.74) is 4.61. The molecule has 4 nitrogen and oxygen atoms in total. The average molecular weight is 255 g/mol. The molecule has 0 saturated heterocycles.